The van der Waals surface area contributed by atoms with Crippen LogP contribution in [0.25, 0.3) is 6.08 Å². The highest BCUT2D eigenvalue weighted by molar-refractivity contribution is 8.01. The van der Waals surface area contributed by atoms with Crippen LogP contribution in [0.5, 0.6) is 0 Å². The highest BCUT2D eigenvalue weighted by atomic mass is 32.2. The number of carboxylic acids is 1. The summed E-state index contributed by atoms with van der Waals surface area (Å²) in [4.78, 5) is 50.2. The zero-order valence-electron chi connectivity index (χ0n) is 17.7. The number of aliphatic carboxylic acids is 1. The first-order valence-electron chi connectivity index (χ1n) is 10.1. The van der Waals surface area contributed by atoms with Crippen LogP contribution in [0.1, 0.15) is 5.56 Å². The van der Waals surface area contributed by atoms with Crippen LogP contribution in [0.2, 0.25) is 0 Å². The van der Waals surface area contributed by atoms with E-state index in [9.17, 15) is 24.3 Å². The van der Waals surface area contributed by atoms with Gasteiger partial charge in [0.15, 0.2) is 10.9 Å². The Hall–Kier alpha value is -2.90. The Kier molecular flexibility index (Phi) is 7.54. The predicted molar refractivity (Wildman–Crippen MR) is 127 cm³/mol. The number of ether oxygens (including phenoxy) is 1. The minimum atomic E-state index is -1.12. The molecule has 1 aromatic carbocycles. The quantitative estimate of drug-likeness (QED) is 0.216. The number of carboxylic acid groups (broad SMARTS) is 1. The molecule has 2 aromatic rings. The number of amides is 2. The predicted octanol–water partition coefficient (Wildman–Crippen LogP) is 1.36. The molecule has 10 nitrogen and oxygen atoms in total. The lowest BCUT2D eigenvalue weighted by molar-refractivity contribution is -0.158. The molecule has 2 aliphatic heterocycles. The summed E-state index contributed by atoms with van der Waals surface area (Å²) in [5.41, 5.74) is 1.27. The van der Waals surface area contributed by atoms with E-state index in [1.807, 2.05) is 30.3 Å². The van der Waals surface area contributed by atoms with Crippen molar-refractivity contribution >= 4 is 64.7 Å². The molecule has 34 heavy (non-hydrogen) atoms. The summed E-state index contributed by atoms with van der Waals surface area (Å²) >= 11 is 3.94. The normalized spacial score (nSPS) is 23.8. The first kappa shape index (κ1) is 24.2. The van der Waals surface area contributed by atoms with Gasteiger partial charge in [0.1, 0.15) is 22.3 Å². The van der Waals surface area contributed by atoms with Gasteiger partial charge < -0.3 is 20.1 Å². The summed E-state index contributed by atoms with van der Waals surface area (Å²) in [5.74, 6) is -2.06. The fourth-order valence-electron chi connectivity index (χ4n) is 3.46. The van der Waals surface area contributed by atoms with E-state index in [0.717, 1.165) is 5.56 Å². The Morgan fingerprint density at radius 1 is 1.32 bits per heavy atom. The van der Waals surface area contributed by atoms with Crippen molar-refractivity contribution < 1.29 is 29.0 Å². The van der Waals surface area contributed by atoms with E-state index in [2.05, 4.69) is 15.5 Å². The standard InChI is InChI=1S/C21H20N4O6S3/c26-14(8-31-15(27)7-6-13-4-2-1-3-5-13)23-16-17(28)25-9-21(19(29)30,10-32-18(16)25)11-33-20-24-22-12-34-20/h1-7,12,16,18H,8-11H2,(H,23,26)(H,29,30)/t16?,18-,21?/m1/s1. The zero-order valence-corrected chi connectivity index (χ0v) is 20.1. The van der Waals surface area contributed by atoms with Gasteiger partial charge in [-0.05, 0) is 11.6 Å². The summed E-state index contributed by atoms with van der Waals surface area (Å²) in [5, 5.41) is 19.8. The van der Waals surface area contributed by atoms with E-state index >= 15 is 0 Å². The minimum Gasteiger partial charge on any atom is -0.481 e. The van der Waals surface area contributed by atoms with Gasteiger partial charge in [0, 0.05) is 24.1 Å². The molecule has 0 saturated carbocycles. The second kappa shape index (κ2) is 10.6. The van der Waals surface area contributed by atoms with Crippen LogP contribution in [-0.4, -0.2) is 80.0 Å². The van der Waals surface area contributed by atoms with E-state index in [0.29, 0.717) is 4.34 Å². The molecule has 0 spiro atoms. The van der Waals surface area contributed by atoms with Crippen molar-refractivity contribution in [1.82, 2.24) is 20.4 Å². The molecule has 0 aliphatic carbocycles. The van der Waals surface area contributed by atoms with Gasteiger partial charge in [-0.25, -0.2) is 4.79 Å². The Morgan fingerprint density at radius 2 is 2.12 bits per heavy atom. The average molecular weight is 521 g/mol. The number of hydrogen-bond donors (Lipinski definition) is 2. The van der Waals surface area contributed by atoms with Crippen molar-refractivity contribution in [1.29, 1.82) is 0 Å². The fourth-order valence-corrected chi connectivity index (χ4v) is 6.81. The van der Waals surface area contributed by atoms with Gasteiger partial charge in [-0.15, -0.1) is 22.0 Å². The van der Waals surface area contributed by atoms with Gasteiger partial charge in [0.2, 0.25) is 5.91 Å². The summed E-state index contributed by atoms with van der Waals surface area (Å²) in [6.45, 7) is -0.465. The molecule has 2 aliphatic rings. The molecule has 2 saturated heterocycles. The van der Waals surface area contributed by atoms with Crippen LogP contribution in [0.15, 0.2) is 46.3 Å². The van der Waals surface area contributed by atoms with Crippen molar-refractivity contribution in [3.05, 3.63) is 47.5 Å². The molecular weight excluding hydrogens is 500 g/mol. The summed E-state index contributed by atoms with van der Waals surface area (Å²) in [6, 6.07) is 8.38. The molecule has 0 radical (unpaired) electrons. The molecule has 13 heteroatoms. The van der Waals surface area contributed by atoms with E-state index in [1.165, 1.54) is 45.8 Å². The molecule has 4 rings (SSSR count). The lowest BCUT2D eigenvalue weighted by Crippen LogP contribution is -2.74. The number of carbonyl (C=O) groups excluding carboxylic acids is 3. The minimum absolute atomic E-state index is 0.0519. The van der Waals surface area contributed by atoms with Crippen LogP contribution in [0.3, 0.4) is 0 Å². The molecule has 1 aromatic heterocycles. The maximum absolute atomic E-state index is 12.6. The van der Waals surface area contributed by atoms with Gasteiger partial charge in [-0.1, -0.05) is 53.4 Å². The fraction of sp³-hybridized carbons (Fsp3) is 0.333. The van der Waals surface area contributed by atoms with Gasteiger partial charge in [0.25, 0.3) is 5.91 Å². The number of nitrogens with one attached hydrogen (secondary N) is 1. The SMILES string of the molecule is O=C(COC(=O)C=Cc1ccccc1)NC1C(=O)N2CC(CSc3nncs3)(C(=O)O)CS[C@H]12. The van der Waals surface area contributed by atoms with Crippen LogP contribution in [0, 0.1) is 5.41 Å². The topological polar surface area (TPSA) is 139 Å². The second-order valence-corrected chi connectivity index (χ2v) is 10.8. The lowest BCUT2D eigenvalue weighted by atomic mass is 9.89. The van der Waals surface area contributed by atoms with Crippen molar-refractivity contribution in [3.8, 4) is 0 Å². The van der Waals surface area contributed by atoms with Gasteiger partial charge in [-0.3, -0.25) is 14.4 Å². The van der Waals surface area contributed by atoms with E-state index in [-0.39, 0.29) is 29.3 Å². The molecule has 2 fully saturated rings. The van der Waals surface area contributed by atoms with E-state index in [1.54, 1.807) is 11.6 Å². The number of fused-ring (bicyclic) bond motifs is 1. The number of esters is 1. The zero-order chi connectivity index (χ0) is 24.1. The Labute approximate surface area is 207 Å². The first-order valence-corrected chi connectivity index (χ1v) is 13.0. The summed E-state index contributed by atoms with van der Waals surface area (Å²) in [7, 11) is 0. The van der Waals surface area contributed by atoms with Gasteiger partial charge in [-0.2, -0.15) is 0 Å². The molecule has 0 bridgehead atoms. The van der Waals surface area contributed by atoms with Gasteiger partial charge in [0.05, 0.1) is 0 Å². The number of nitrogens with zero attached hydrogens (tertiary/aromatic N) is 3. The highest BCUT2D eigenvalue weighted by Gasteiger charge is 2.57. The van der Waals surface area contributed by atoms with Crippen LogP contribution in [-0.2, 0) is 23.9 Å². The number of carbonyl (C=O) groups is 4. The average Bonchev–Trinajstić information content (AvgIpc) is 3.37. The molecule has 2 unspecified atom stereocenters. The third-order valence-electron chi connectivity index (χ3n) is 5.28. The maximum atomic E-state index is 12.6. The van der Waals surface area contributed by atoms with Crippen molar-refractivity contribution in [2.24, 2.45) is 5.41 Å². The number of aromatic nitrogens is 2. The van der Waals surface area contributed by atoms with Crippen molar-refractivity contribution in [2.45, 2.75) is 15.8 Å². The third-order valence-corrected chi connectivity index (χ3v) is 9.02. The summed E-state index contributed by atoms with van der Waals surface area (Å²) in [6.07, 6.45) is 2.80. The maximum Gasteiger partial charge on any atom is 0.331 e. The van der Waals surface area contributed by atoms with Crippen molar-refractivity contribution in [3.63, 3.8) is 0 Å². The number of hydrogen-bond acceptors (Lipinski definition) is 10. The van der Waals surface area contributed by atoms with Gasteiger partial charge >= 0.3 is 11.9 Å². The smallest absolute Gasteiger partial charge is 0.331 e. The number of rotatable bonds is 9. The monoisotopic (exact) mass is 520 g/mol. The molecule has 2 N–H and O–H groups in total. The highest BCUT2D eigenvalue weighted by Crippen LogP contribution is 2.44. The second-order valence-electron chi connectivity index (χ2n) is 7.64. The number of β-lactam (4-membered cyclic amide) rings is 1. The van der Waals surface area contributed by atoms with Crippen molar-refractivity contribution in [2.75, 3.05) is 24.7 Å². The van der Waals surface area contributed by atoms with Crippen LogP contribution in [0.4, 0.5) is 0 Å². The Balaban J connectivity index is 1.26. The number of benzene rings is 1. The van der Waals surface area contributed by atoms with Crippen LogP contribution >= 0.6 is 34.9 Å². The largest absolute Gasteiger partial charge is 0.481 e. The molecule has 2 amide bonds. The first-order chi connectivity index (χ1) is 16.4. The molecule has 178 valence electrons. The molecular formula is C21H20N4O6S3. The van der Waals surface area contributed by atoms with E-state index < -0.39 is 35.9 Å². The third kappa shape index (κ3) is 5.42. The molecule has 3 atom stereocenters. The Bertz CT molecular complexity index is 1100. The van der Waals surface area contributed by atoms with E-state index in [4.69, 9.17) is 4.74 Å². The Morgan fingerprint density at radius 3 is 2.82 bits per heavy atom. The number of thioether (sulfide) groups is 2. The lowest BCUT2D eigenvalue weighted by Gasteiger charge is -2.53. The van der Waals surface area contributed by atoms with Crippen LogP contribution < -0.4 is 5.32 Å². The summed E-state index contributed by atoms with van der Waals surface area (Å²) < 4.78 is 5.61. The molecule has 3 heterocycles.